The van der Waals surface area contributed by atoms with Crippen LogP contribution >= 0.6 is 0 Å². The second-order valence-electron chi connectivity index (χ2n) is 6.32. The maximum absolute atomic E-state index is 12.5. The number of carboxylic acid groups (broad SMARTS) is 1. The van der Waals surface area contributed by atoms with E-state index < -0.39 is 5.97 Å². The first kappa shape index (κ1) is 15.5. The summed E-state index contributed by atoms with van der Waals surface area (Å²) in [4.78, 5) is 25.8. The molecule has 4 heteroatoms. The van der Waals surface area contributed by atoms with Crippen molar-refractivity contribution in [3.05, 3.63) is 53.6 Å². The fourth-order valence-corrected chi connectivity index (χ4v) is 3.43. The summed E-state index contributed by atoms with van der Waals surface area (Å²) in [6, 6.07) is 9.26. The summed E-state index contributed by atoms with van der Waals surface area (Å²) in [5.74, 6) is -0.0323. The van der Waals surface area contributed by atoms with Gasteiger partial charge in [0.1, 0.15) is 0 Å². The van der Waals surface area contributed by atoms with Gasteiger partial charge in [-0.05, 0) is 36.3 Å². The molecule has 1 amide bonds. The van der Waals surface area contributed by atoms with E-state index in [0.29, 0.717) is 11.8 Å². The first-order valence-electron chi connectivity index (χ1n) is 8.05. The van der Waals surface area contributed by atoms with E-state index in [-0.39, 0.29) is 17.9 Å². The molecule has 3 rings (SSSR count). The van der Waals surface area contributed by atoms with Crippen molar-refractivity contribution >= 4 is 18.0 Å². The van der Waals surface area contributed by atoms with Gasteiger partial charge in [-0.15, -0.1) is 0 Å². The van der Waals surface area contributed by atoms with Gasteiger partial charge in [0.25, 0.3) is 0 Å². The minimum absolute atomic E-state index is 0.0445. The van der Waals surface area contributed by atoms with Gasteiger partial charge >= 0.3 is 5.97 Å². The summed E-state index contributed by atoms with van der Waals surface area (Å²) in [5, 5.41) is 9.38. The molecule has 1 fully saturated rings. The van der Waals surface area contributed by atoms with Gasteiger partial charge in [0, 0.05) is 18.7 Å². The van der Waals surface area contributed by atoms with Crippen molar-refractivity contribution in [2.75, 3.05) is 13.1 Å². The normalized spacial score (nSPS) is 23.7. The number of carbonyl (C=O) groups is 2. The standard InChI is InChI=1S/C19H21NO3/c21-18(20-12-15-8-4-5-9-16(15)13-20)11-17(19(22)23)10-14-6-2-1-3-7-14/h1-7,10,15-16H,8-9,11-13H2,(H,22,23)/b17-10-. The number of hydrogen-bond donors (Lipinski definition) is 1. The van der Waals surface area contributed by atoms with Crippen LogP contribution in [0.3, 0.4) is 0 Å². The minimum atomic E-state index is -1.03. The molecular weight excluding hydrogens is 290 g/mol. The second-order valence-corrected chi connectivity index (χ2v) is 6.32. The average Bonchev–Trinajstić information content (AvgIpc) is 2.99. The van der Waals surface area contributed by atoms with Crippen LogP contribution in [0, 0.1) is 11.8 Å². The molecule has 0 spiro atoms. The Labute approximate surface area is 136 Å². The number of likely N-dealkylation sites (tertiary alicyclic amines) is 1. The quantitative estimate of drug-likeness (QED) is 0.687. The van der Waals surface area contributed by atoms with Gasteiger partial charge < -0.3 is 10.0 Å². The van der Waals surface area contributed by atoms with Crippen LogP contribution in [-0.2, 0) is 9.59 Å². The second kappa shape index (κ2) is 6.82. The van der Waals surface area contributed by atoms with Gasteiger partial charge in [-0.1, -0.05) is 42.5 Å². The van der Waals surface area contributed by atoms with E-state index in [1.807, 2.05) is 35.2 Å². The van der Waals surface area contributed by atoms with Gasteiger partial charge in [-0.25, -0.2) is 4.79 Å². The molecule has 1 N–H and O–H groups in total. The zero-order valence-electron chi connectivity index (χ0n) is 13.0. The molecule has 2 atom stereocenters. The number of benzene rings is 1. The molecule has 4 nitrogen and oxygen atoms in total. The summed E-state index contributed by atoms with van der Waals surface area (Å²) in [6.45, 7) is 1.51. The number of allylic oxidation sites excluding steroid dienone is 2. The molecule has 0 bridgehead atoms. The van der Waals surface area contributed by atoms with E-state index in [1.54, 1.807) is 6.08 Å². The van der Waals surface area contributed by atoms with E-state index in [0.717, 1.165) is 31.5 Å². The number of fused-ring (bicyclic) bond motifs is 1. The van der Waals surface area contributed by atoms with Crippen molar-refractivity contribution in [2.45, 2.75) is 19.3 Å². The van der Waals surface area contributed by atoms with Crippen LogP contribution in [0.4, 0.5) is 0 Å². The molecule has 1 heterocycles. The Balaban J connectivity index is 1.68. The monoisotopic (exact) mass is 311 g/mol. The molecule has 0 saturated carbocycles. The molecule has 1 aliphatic heterocycles. The van der Waals surface area contributed by atoms with Crippen LogP contribution in [-0.4, -0.2) is 35.0 Å². The van der Waals surface area contributed by atoms with Crippen molar-refractivity contribution in [2.24, 2.45) is 11.8 Å². The van der Waals surface area contributed by atoms with E-state index in [2.05, 4.69) is 12.2 Å². The van der Waals surface area contributed by atoms with Crippen LogP contribution in [0.5, 0.6) is 0 Å². The lowest BCUT2D eigenvalue weighted by atomic mass is 9.86. The summed E-state index contributed by atoms with van der Waals surface area (Å²) in [5.41, 5.74) is 0.950. The van der Waals surface area contributed by atoms with Gasteiger partial charge in [0.15, 0.2) is 0 Å². The highest BCUT2D eigenvalue weighted by atomic mass is 16.4. The minimum Gasteiger partial charge on any atom is -0.478 e. The third kappa shape index (κ3) is 3.70. The summed E-state index contributed by atoms with van der Waals surface area (Å²) in [6.07, 6.45) is 7.97. The van der Waals surface area contributed by atoms with Crippen LogP contribution in [0.1, 0.15) is 24.8 Å². The van der Waals surface area contributed by atoms with Crippen LogP contribution in [0.15, 0.2) is 48.1 Å². The molecule has 2 unspecified atom stereocenters. The molecule has 0 radical (unpaired) electrons. The van der Waals surface area contributed by atoms with Crippen molar-refractivity contribution in [3.8, 4) is 0 Å². The van der Waals surface area contributed by atoms with Crippen LogP contribution < -0.4 is 0 Å². The Morgan fingerprint density at radius 2 is 1.70 bits per heavy atom. The van der Waals surface area contributed by atoms with Gasteiger partial charge in [-0.2, -0.15) is 0 Å². The van der Waals surface area contributed by atoms with Gasteiger partial charge in [-0.3, -0.25) is 4.79 Å². The Morgan fingerprint density at radius 1 is 1.09 bits per heavy atom. The molecule has 1 aromatic rings. The Hall–Kier alpha value is -2.36. The number of aliphatic carboxylic acids is 1. The first-order valence-corrected chi connectivity index (χ1v) is 8.05. The Bertz CT molecular complexity index is 632. The summed E-state index contributed by atoms with van der Waals surface area (Å²) in [7, 11) is 0. The molecule has 120 valence electrons. The SMILES string of the molecule is O=C(O)/C(=C\c1ccccc1)CC(=O)N1CC2CC=CCC2C1. The summed E-state index contributed by atoms with van der Waals surface area (Å²) < 4.78 is 0. The van der Waals surface area contributed by atoms with Crippen molar-refractivity contribution in [1.29, 1.82) is 0 Å². The molecule has 23 heavy (non-hydrogen) atoms. The number of hydrogen-bond acceptors (Lipinski definition) is 2. The lowest BCUT2D eigenvalue weighted by Gasteiger charge is -2.17. The topological polar surface area (TPSA) is 57.6 Å². The number of nitrogens with zero attached hydrogens (tertiary/aromatic N) is 1. The third-order valence-corrected chi connectivity index (χ3v) is 4.73. The lowest BCUT2D eigenvalue weighted by Crippen LogP contribution is -2.29. The van der Waals surface area contributed by atoms with Crippen molar-refractivity contribution < 1.29 is 14.7 Å². The smallest absolute Gasteiger partial charge is 0.332 e. The highest BCUT2D eigenvalue weighted by Gasteiger charge is 2.35. The maximum Gasteiger partial charge on any atom is 0.332 e. The highest BCUT2D eigenvalue weighted by Crippen LogP contribution is 2.33. The Morgan fingerprint density at radius 3 is 2.26 bits per heavy atom. The predicted molar refractivity (Wildman–Crippen MR) is 88.6 cm³/mol. The zero-order chi connectivity index (χ0) is 16.2. The molecule has 2 aliphatic rings. The van der Waals surface area contributed by atoms with E-state index in [1.165, 1.54) is 0 Å². The maximum atomic E-state index is 12.5. The predicted octanol–water partition coefficient (Wildman–Crippen LogP) is 2.97. The zero-order valence-corrected chi connectivity index (χ0v) is 13.0. The van der Waals surface area contributed by atoms with Gasteiger partial charge in [0.2, 0.25) is 5.91 Å². The van der Waals surface area contributed by atoms with Gasteiger partial charge in [0.05, 0.1) is 6.42 Å². The fourth-order valence-electron chi connectivity index (χ4n) is 3.43. The van der Waals surface area contributed by atoms with Crippen molar-refractivity contribution in [1.82, 2.24) is 4.90 Å². The molecule has 1 aromatic carbocycles. The molecular formula is C19H21NO3. The molecule has 1 aliphatic carbocycles. The number of amides is 1. The molecule has 0 aromatic heterocycles. The lowest BCUT2D eigenvalue weighted by molar-refractivity contribution is -0.136. The van der Waals surface area contributed by atoms with Crippen molar-refractivity contribution in [3.63, 3.8) is 0 Å². The molecule has 1 saturated heterocycles. The number of rotatable bonds is 4. The number of carboxylic acids is 1. The third-order valence-electron chi connectivity index (χ3n) is 4.73. The fraction of sp³-hybridized carbons (Fsp3) is 0.368. The van der Waals surface area contributed by atoms with Crippen LogP contribution in [0.25, 0.3) is 6.08 Å². The average molecular weight is 311 g/mol. The van der Waals surface area contributed by atoms with Crippen LogP contribution in [0.2, 0.25) is 0 Å². The van der Waals surface area contributed by atoms with E-state index in [9.17, 15) is 14.7 Å². The first-order chi connectivity index (χ1) is 11.1. The van der Waals surface area contributed by atoms with E-state index >= 15 is 0 Å². The Kier molecular flexibility index (Phi) is 4.60. The van der Waals surface area contributed by atoms with E-state index in [4.69, 9.17) is 0 Å². The highest BCUT2D eigenvalue weighted by molar-refractivity contribution is 5.98. The summed E-state index contributed by atoms with van der Waals surface area (Å²) >= 11 is 0. The largest absolute Gasteiger partial charge is 0.478 e. The number of carbonyl (C=O) groups excluding carboxylic acids is 1.